The third-order valence-electron chi connectivity index (χ3n) is 2.76. The Kier molecular flexibility index (Phi) is 7.41. The lowest BCUT2D eigenvalue weighted by Gasteiger charge is -2.02. The maximum Gasteiger partial charge on any atom is 0.0517 e. The summed E-state index contributed by atoms with van der Waals surface area (Å²) in [5.74, 6) is 0. The first-order chi connectivity index (χ1) is 7.63. The zero-order chi connectivity index (χ0) is 11.7. The normalized spacial score (nSPS) is 10.0. The average molecular weight is 330 g/mol. The van der Waals surface area contributed by atoms with Gasteiger partial charge in [-0.15, -0.1) is 24.8 Å². The van der Waals surface area contributed by atoms with Crippen molar-refractivity contribution < 1.29 is 0 Å². The second-order valence-corrected chi connectivity index (χ2v) is 4.77. The summed E-state index contributed by atoms with van der Waals surface area (Å²) in [7, 11) is 0. The fourth-order valence-corrected chi connectivity index (χ4v) is 2.64. The van der Waals surface area contributed by atoms with Crippen LogP contribution in [0, 0.1) is 6.92 Å². The highest BCUT2D eigenvalue weighted by molar-refractivity contribution is 6.38. The number of aromatic nitrogens is 1. The van der Waals surface area contributed by atoms with Crippen molar-refractivity contribution in [1.29, 1.82) is 0 Å². The molecule has 2 rings (SSSR count). The molecule has 3 N–H and O–H groups in total. The van der Waals surface area contributed by atoms with Crippen molar-refractivity contribution in [2.75, 3.05) is 6.54 Å². The molecule has 0 aliphatic rings. The van der Waals surface area contributed by atoms with E-state index in [1.54, 1.807) is 6.07 Å². The predicted octanol–water partition coefficient (Wildman–Crippen LogP) is 4.52. The van der Waals surface area contributed by atoms with Crippen molar-refractivity contribution in [2.24, 2.45) is 5.73 Å². The number of rotatable bonds is 3. The van der Waals surface area contributed by atoms with E-state index in [9.17, 15) is 0 Å². The Morgan fingerprint density at radius 1 is 1.22 bits per heavy atom. The molecule has 1 aromatic heterocycles. The molecule has 0 bridgehead atoms. The number of nitrogens with two attached hydrogens (primary N) is 1. The minimum absolute atomic E-state index is 0. The SMILES string of the molecule is Cc1[nH]c2cc(Cl)cc(Cl)c2c1CCCN.Cl.Cl. The van der Waals surface area contributed by atoms with Gasteiger partial charge in [-0.3, -0.25) is 0 Å². The molecule has 0 aliphatic heterocycles. The highest BCUT2D eigenvalue weighted by Crippen LogP contribution is 2.32. The van der Waals surface area contributed by atoms with Gasteiger partial charge < -0.3 is 10.7 Å². The van der Waals surface area contributed by atoms with Gasteiger partial charge >= 0.3 is 0 Å². The third kappa shape index (κ3) is 3.46. The molecule has 1 aromatic carbocycles. The molecule has 0 saturated carbocycles. The van der Waals surface area contributed by atoms with E-state index in [0.717, 1.165) is 29.4 Å². The van der Waals surface area contributed by atoms with Gasteiger partial charge in [0.1, 0.15) is 0 Å². The third-order valence-corrected chi connectivity index (χ3v) is 3.28. The Labute approximate surface area is 129 Å². The zero-order valence-electron chi connectivity index (χ0n) is 9.93. The number of nitrogens with one attached hydrogen (secondary N) is 1. The lowest BCUT2D eigenvalue weighted by molar-refractivity contribution is 0.831. The van der Waals surface area contributed by atoms with E-state index < -0.39 is 0 Å². The van der Waals surface area contributed by atoms with Crippen LogP contribution in [0.4, 0.5) is 0 Å². The molecule has 0 fully saturated rings. The van der Waals surface area contributed by atoms with Crippen LogP contribution in [0.5, 0.6) is 0 Å². The molecule has 6 heteroatoms. The first kappa shape index (κ1) is 17.9. The van der Waals surface area contributed by atoms with Gasteiger partial charge in [-0.1, -0.05) is 23.2 Å². The van der Waals surface area contributed by atoms with E-state index in [2.05, 4.69) is 11.9 Å². The summed E-state index contributed by atoms with van der Waals surface area (Å²) >= 11 is 12.2. The molecule has 1 heterocycles. The number of aromatic amines is 1. The molecular formula is C12H16Cl4N2. The van der Waals surface area contributed by atoms with Crippen LogP contribution in [-0.4, -0.2) is 11.5 Å². The van der Waals surface area contributed by atoms with Crippen molar-refractivity contribution in [3.63, 3.8) is 0 Å². The fraction of sp³-hybridized carbons (Fsp3) is 0.333. The first-order valence-corrected chi connectivity index (χ1v) is 6.05. The number of aryl methyl sites for hydroxylation is 2. The Hall–Kier alpha value is -0.120. The van der Waals surface area contributed by atoms with Crippen LogP contribution in [0.3, 0.4) is 0 Å². The van der Waals surface area contributed by atoms with Gasteiger partial charge in [0.15, 0.2) is 0 Å². The van der Waals surface area contributed by atoms with Crippen molar-refractivity contribution in [2.45, 2.75) is 19.8 Å². The summed E-state index contributed by atoms with van der Waals surface area (Å²) in [5, 5.41) is 2.44. The Morgan fingerprint density at radius 3 is 2.50 bits per heavy atom. The van der Waals surface area contributed by atoms with Gasteiger partial charge in [0.05, 0.1) is 5.02 Å². The van der Waals surface area contributed by atoms with Crippen molar-refractivity contribution in [3.8, 4) is 0 Å². The number of fused-ring (bicyclic) bond motifs is 1. The van der Waals surface area contributed by atoms with Crippen molar-refractivity contribution in [3.05, 3.63) is 33.4 Å². The quantitative estimate of drug-likeness (QED) is 0.854. The molecule has 0 unspecified atom stereocenters. The summed E-state index contributed by atoms with van der Waals surface area (Å²) in [5.41, 5.74) is 8.94. The molecule has 18 heavy (non-hydrogen) atoms. The van der Waals surface area contributed by atoms with Gasteiger partial charge in [-0.2, -0.15) is 0 Å². The summed E-state index contributed by atoms with van der Waals surface area (Å²) in [4.78, 5) is 3.31. The Bertz CT molecular complexity index is 522. The average Bonchev–Trinajstić information content (AvgIpc) is 2.51. The molecule has 0 aliphatic carbocycles. The highest BCUT2D eigenvalue weighted by Gasteiger charge is 2.11. The van der Waals surface area contributed by atoms with Crippen LogP contribution in [-0.2, 0) is 6.42 Å². The van der Waals surface area contributed by atoms with Gasteiger partial charge in [0.2, 0.25) is 0 Å². The van der Waals surface area contributed by atoms with Crippen LogP contribution in [0.1, 0.15) is 17.7 Å². The summed E-state index contributed by atoms with van der Waals surface area (Å²) in [6.45, 7) is 2.74. The standard InChI is InChI=1S/C12H14Cl2N2.2ClH/c1-7-9(3-2-4-15)12-10(14)5-8(13)6-11(12)16-7;;/h5-6,16H,2-4,15H2,1H3;2*1H. The molecule has 2 nitrogen and oxygen atoms in total. The summed E-state index contributed by atoms with van der Waals surface area (Å²) < 4.78 is 0. The smallest absolute Gasteiger partial charge is 0.0517 e. The molecule has 0 amide bonds. The number of halogens is 4. The van der Waals surface area contributed by atoms with Gasteiger partial charge in [-0.25, -0.2) is 0 Å². The molecule has 0 radical (unpaired) electrons. The number of H-pyrrole nitrogens is 1. The molecule has 0 atom stereocenters. The lowest BCUT2D eigenvalue weighted by Crippen LogP contribution is -2.00. The summed E-state index contributed by atoms with van der Waals surface area (Å²) in [6, 6.07) is 3.69. The van der Waals surface area contributed by atoms with Gasteiger partial charge in [0.25, 0.3) is 0 Å². The van der Waals surface area contributed by atoms with Crippen molar-refractivity contribution >= 4 is 58.9 Å². The minimum Gasteiger partial charge on any atom is -0.358 e. The highest BCUT2D eigenvalue weighted by atomic mass is 35.5. The zero-order valence-corrected chi connectivity index (χ0v) is 13.1. The molecular weight excluding hydrogens is 314 g/mol. The van der Waals surface area contributed by atoms with Crippen molar-refractivity contribution in [1.82, 2.24) is 4.98 Å². The first-order valence-electron chi connectivity index (χ1n) is 5.29. The molecule has 102 valence electrons. The Morgan fingerprint density at radius 2 is 1.89 bits per heavy atom. The predicted molar refractivity (Wildman–Crippen MR) is 84.9 cm³/mol. The van der Waals surface area contributed by atoms with E-state index in [4.69, 9.17) is 28.9 Å². The molecule has 0 saturated heterocycles. The monoisotopic (exact) mass is 328 g/mol. The Balaban J connectivity index is 0.00000144. The molecule has 0 spiro atoms. The second kappa shape index (κ2) is 7.46. The fourth-order valence-electron chi connectivity index (χ4n) is 2.04. The van der Waals surface area contributed by atoms with E-state index in [1.807, 2.05) is 6.07 Å². The van der Waals surface area contributed by atoms with E-state index in [1.165, 1.54) is 5.56 Å². The van der Waals surface area contributed by atoms with E-state index in [0.29, 0.717) is 16.6 Å². The number of hydrogen-bond acceptors (Lipinski definition) is 1. The van der Waals surface area contributed by atoms with E-state index in [-0.39, 0.29) is 24.8 Å². The maximum atomic E-state index is 6.22. The van der Waals surface area contributed by atoms with Crippen LogP contribution in [0.25, 0.3) is 10.9 Å². The second-order valence-electron chi connectivity index (χ2n) is 3.93. The minimum atomic E-state index is 0. The maximum absolute atomic E-state index is 6.22. The van der Waals surface area contributed by atoms with Gasteiger partial charge in [-0.05, 0) is 44.0 Å². The van der Waals surface area contributed by atoms with Crippen LogP contribution in [0.2, 0.25) is 10.0 Å². The van der Waals surface area contributed by atoms with Crippen LogP contribution < -0.4 is 5.73 Å². The van der Waals surface area contributed by atoms with E-state index >= 15 is 0 Å². The largest absolute Gasteiger partial charge is 0.358 e. The number of benzene rings is 1. The van der Waals surface area contributed by atoms with Crippen LogP contribution >= 0.6 is 48.0 Å². The lowest BCUT2D eigenvalue weighted by atomic mass is 10.1. The molecule has 2 aromatic rings. The van der Waals surface area contributed by atoms with Crippen LogP contribution in [0.15, 0.2) is 12.1 Å². The summed E-state index contributed by atoms with van der Waals surface area (Å²) in [6.07, 6.45) is 1.91. The topological polar surface area (TPSA) is 41.8 Å². The number of hydrogen-bond donors (Lipinski definition) is 2. The van der Waals surface area contributed by atoms with Gasteiger partial charge in [0, 0.05) is 21.6 Å².